The summed E-state index contributed by atoms with van der Waals surface area (Å²) in [5, 5.41) is 8.59. The molecule has 1 aromatic heterocycles. The summed E-state index contributed by atoms with van der Waals surface area (Å²) in [4.78, 5) is 13.9. The Bertz CT molecular complexity index is 386. The summed E-state index contributed by atoms with van der Waals surface area (Å²) in [5.41, 5.74) is -1.08. The monoisotopic (exact) mass is 333 g/mol. The Morgan fingerprint density at radius 1 is 1.64 bits per heavy atom. The minimum Gasteiger partial charge on any atom is -0.476 e. The van der Waals surface area contributed by atoms with Gasteiger partial charge in [0, 0.05) is 0 Å². The molecular formula is C7H3ClF2INO2. The fourth-order valence-corrected chi connectivity index (χ4v) is 1.48. The van der Waals surface area contributed by atoms with Crippen molar-refractivity contribution in [3.05, 3.63) is 26.0 Å². The lowest BCUT2D eigenvalue weighted by molar-refractivity contribution is 0.0687. The molecule has 0 radical (unpaired) electrons. The van der Waals surface area contributed by atoms with Gasteiger partial charge >= 0.3 is 5.97 Å². The zero-order valence-electron chi connectivity index (χ0n) is 6.47. The molecule has 0 spiro atoms. The molecule has 0 saturated carbocycles. The smallest absolute Gasteiger partial charge is 0.355 e. The zero-order chi connectivity index (χ0) is 10.9. The predicted molar refractivity (Wildman–Crippen MR) is 53.9 cm³/mol. The lowest BCUT2D eigenvalue weighted by atomic mass is 10.3. The number of hydrogen-bond donors (Lipinski definition) is 1. The normalized spacial score (nSPS) is 10.6. The van der Waals surface area contributed by atoms with Gasteiger partial charge in [0.1, 0.15) is 5.69 Å². The quantitative estimate of drug-likeness (QED) is 0.847. The van der Waals surface area contributed by atoms with Crippen LogP contribution >= 0.6 is 34.2 Å². The highest BCUT2D eigenvalue weighted by molar-refractivity contribution is 14.1. The van der Waals surface area contributed by atoms with Crippen LogP contribution in [0.25, 0.3) is 0 Å². The van der Waals surface area contributed by atoms with Gasteiger partial charge in [-0.1, -0.05) is 11.6 Å². The first-order valence-corrected chi connectivity index (χ1v) is 4.76. The van der Waals surface area contributed by atoms with Crippen LogP contribution in [0.15, 0.2) is 6.07 Å². The van der Waals surface area contributed by atoms with Crippen molar-refractivity contribution in [2.45, 2.75) is 6.43 Å². The van der Waals surface area contributed by atoms with Crippen LogP contribution in [0.1, 0.15) is 22.6 Å². The molecule has 14 heavy (non-hydrogen) atoms. The molecule has 76 valence electrons. The third kappa shape index (κ3) is 2.30. The van der Waals surface area contributed by atoms with E-state index in [1.165, 1.54) is 0 Å². The minimum absolute atomic E-state index is 0.0340. The van der Waals surface area contributed by atoms with Crippen LogP contribution in [0.3, 0.4) is 0 Å². The molecule has 0 aromatic carbocycles. The molecule has 3 nitrogen and oxygen atoms in total. The molecule has 0 aliphatic carbocycles. The summed E-state index contributed by atoms with van der Waals surface area (Å²) < 4.78 is 24.6. The molecule has 7 heteroatoms. The minimum atomic E-state index is -2.83. The maximum Gasteiger partial charge on any atom is 0.355 e. The van der Waals surface area contributed by atoms with E-state index in [1.54, 1.807) is 22.6 Å². The number of aromatic nitrogens is 1. The highest BCUT2D eigenvalue weighted by Gasteiger charge is 2.19. The summed E-state index contributed by atoms with van der Waals surface area (Å²) >= 11 is 7.20. The number of rotatable bonds is 2. The molecule has 0 atom stereocenters. The van der Waals surface area contributed by atoms with Crippen LogP contribution < -0.4 is 0 Å². The Balaban J connectivity index is 3.35. The molecule has 0 unspecified atom stereocenters. The first kappa shape index (κ1) is 11.6. The second kappa shape index (κ2) is 4.35. The third-order valence-electron chi connectivity index (χ3n) is 1.36. The first-order chi connectivity index (χ1) is 6.43. The van der Waals surface area contributed by atoms with Crippen LogP contribution in [0.5, 0.6) is 0 Å². The molecule has 0 aliphatic rings. The van der Waals surface area contributed by atoms with Crippen molar-refractivity contribution in [2.24, 2.45) is 0 Å². The summed E-state index contributed by atoms with van der Waals surface area (Å²) in [6, 6.07) is 0.959. The van der Waals surface area contributed by atoms with Crippen LogP contribution in [-0.2, 0) is 0 Å². The molecule has 1 rings (SSSR count). The fraction of sp³-hybridized carbons (Fsp3) is 0.143. The Morgan fingerprint density at radius 2 is 2.21 bits per heavy atom. The lowest BCUT2D eigenvalue weighted by Crippen LogP contribution is -2.06. The lowest BCUT2D eigenvalue weighted by Gasteiger charge is -2.04. The molecule has 0 bridgehead atoms. The van der Waals surface area contributed by atoms with Crippen LogP contribution in [-0.4, -0.2) is 16.1 Å². The summed E-state index contributed by atoms with van der Waals surface area (Å²) in [6.07, 6.45) is -2.83. The molecule has 1 N–H and O–H groups in total. The number of hydrogen-bond acceptors (Lipinski definition) is 2. The van der Waals surface area contributed by atoms with Gasteiger partial charge < -0.3 is 5.11 Å². The Hall–Kier alpha value is -0.500. The number of carbonyl (C=O) groups is 1. The largest absolute Gasteiger partial charge is 0.476 e. The summed E-state index contributed by atoms with van der Waals surface area (Å²) in [7, 11) is 0. The number of halogens is 4. The van der Waals surface area contributed by atoms with E-state index in [4.69, 9.17) is 16.7 Å². The number of carboxylic acids is 1. The Labute approximate surface area is 96.2 Å². The maximum absolute atomic E-state index is 12.2. The summed E-state index contributed by atoms with van der Waals surface area (Å²) in [6.45, 7) is 0. The van der Waals surface area contributed by atoms with Crippen molar-refractivity contribution in [1.29, 1.82) is 0 Å². The van der Waals surface area contributed by atoms with Crippen molar-refractivity contribution in [2.75, 3.05) is 0 Å². The third-order valence-corrected chi connectivity index (χ3v) is 3.07. The molecule has 0 fully saturated rings. The zero-order valence-corrected chi connectivity index (χ0v) is 9.38. The van der Waals surface area contributed by atoms with Crippen molar-refractivity contribution < 1.29 is 18.7 Å². The number of pyridine rings is 1. The van der Waals surface area contributed by atoms with Gasteiger partial charge in [0.2, 0.25) is 0 Å². The van der Waals surface area contributed by atoms with E-state index in [2.05, 4.69) is 4.98 Å². The van der Waals surface area contributed by atoms with E-state index >= 15 is 0 Å². The fourth-order valence-electron chi connectivity index (χ4n) is 0.770. The van der Waals surface area contributed by atoms with Gasteiger partial charge in [-0.2, -0.15) is 0 Å². The van der Waals surface area contributed by atoms with Crippen molar-refractivity contribution in [3.63, 3.8) is 0 Å². The van der Waals surface area contributed by atoms with Gasteiger partial charge in [0.15, 0.2) is 5.69 Å². The number of nitrogens with zero attached hydrogens (tertiary/aromatic N) is 1. The predicted octanol–water partition coefficient (Wildman–Crippen LogP) is 2.98. The number of aromatic carboxylic acids is 1. The first-order valence-electron chi connectivity index (χ1n) is 3.31. The highest BCUT2D eigenvalue weighted by Crippen LogP contribution is 2.26. The molecule has 0 saturated heterocycles. The SMILES string of the molecule is O=C(O)c1nc(C(F)F)cc(Cl)c1I. The average Bonchev–Trinajstić information content (AvgIpc) is 2.08. The van der Waals surface area contributed by atoms with E-state index in [0.29, 0.717) is 0 Å². The van der Waals surface area contributed by atoms with Crippen molar-refractivity contribution >= 4 is 40.2 Å². The van der Waals surface area contributed by atoms with E-state index in [0.717, 1.165) is 6.07 Å². The number of carboxylic acid groups (broad SMARTS) is 1. The van der Waals surface area contributed by atoms with Crippen molar-refractivity contribution in [1.82, 2.24) is 4.98 Å². The van der Waals surface area contributed by atoms with Gasteiger partial charge in [-0.05, 0) is 28.7 Å². The van der Waals surface area contributed by atoms with Gasteiger partial charge in [-0.15, -0.1) is 0 Å². The van der Waals surface area contributed by atoms with Crippen LogP contribution in [0, 0.1) is 3.57 Å². The van der Waals surface area contributed by atoms with E-state index in [1.807, 2.05) is 0 Å². The van der Waals surface area contributed by atoms with Crippen molar-refractivity contribution in [3.8, 4) is 0 Å². The van der Waals surface area contributed by atoms with Gasteiger partial charge in [0.25, 0.3) is 6.43 Å². The summed E-state index contributed by atoms with van der Waals surface area (Å²) in [5.74, 6) is -1.38. The van der Waals surface area contributed by atoms with Gasteiger partial charge in [0.05, 0.1) is 8.59 Å². The highest BCUT2D eigenvalue weighted by atomic mass is 127. The average molecular weight is 333 g/mol. The van der Waals surface area contributed by atoms with E-state index in [9.17, 15) is 13.6 Å². The standard InChI is InChI=1S/C7H3ClF2INO2/c8-2-1-3(6(9)10)12-5(4(2)11)7(13)14/h1,6H,(H,13,14). The van der Waals surface area contributed by atoms with Crippen LogP contribution in [0.2, 0.25) is 5.02 Å². The van der Waals surface area contributed by atoms with Gasteiger partial charge in [-0.25, -0.2) is 18.6 Å². The van der Waals surface area contributed by atoms with Crippen LogP contribution in [0.4, 0.5) is 8.78 Å². The molecule has 0 amide bonds. The second-order valence-electron chi connectivity index (χ2n) is 2.30. The Kier molecular flexibility index (Phi) is 3.59. The van der Waals surface area contributed by atoms with E-state index < -0.39 is 23.8 Å². The topological polar surface area (TPSA) is 50.2 Å². The molecule has 1 aromatic rings. The molecule has 0 aliphatic heterocycles. The van der Waals surface area contributed by atoms with Gasteiger partial charge in [-0.3, -0.25) is 0 Å². The maximum atomic E-state index is 12.2. The molecular weight excluding hydrogens is 330 g/mol. The number of alkyl halides is 2. The Morgan fingerprint density at radius 3 is 2.64 bits per heavy atom. The van der Waals surface area contributed by atoms with E-state index in [-0.39, 0.29) is 8.59 Å². The second-order valence-corrected chi connectivity index (χ2v) is 3.78. The molecule has 1 heterocycles.